The zero-order chi connectivity index (χ0) is 10.7. The lowest BCUT2D eigenvalue weighted by atomic mass is 9.93. The van der Waals surface area contributed by atoms with Gasteiger partial charge in [0, 0.05) is 24.0 Å². The van der Waals surface area contributed by atoms with Crippen molar-refractivity contribution < 1.29 is 4.74 Å². The standard InChI is InChI=1S/C12H18N2O/c1-9-8-10(6-7-14-9)15-12-5-3-2-4-11(12)13/h6-8,11-12H,2-5,13H2,1H3/t11-,12-/m1/s1. The fraction of sp³-hybridized carbons (Fsp3) is 0.583. The van der Waals surface area contributed by atoms with Crippen LogP contribution in [0.3, 0.4) is 0 Å². The summed E-state index contributed by atoms with van der Waals surface area (Å²) >= 11 is 0. The van der Waals surface area contributed by atoms with Crippen molar-refractivity contribution in [1.82, 2.24) is 4.98 Å². The second kappa shape index (κ2) is 4.62. The Morgan fingerprint density at radius 2 is 2.20 bits per heavy atom. The molecular formula is C12H18N2O. The molecule has 0 amide bonds. The highest BCUT2D eigenvalue weighted by Crippen LogP contribution is 2.22. The van der Waals surface area contributed by atoms with Crippen molar-refractivity contribution in [1.29, 1.82) is 0 Å². The van der Waals surface area contributed by atoms with Gasteiger partial charge in [-0.15, -0.1) is 0 Å². The van der Waals surface area contributed by atoms with Gasteiger partial charge in [0.15, 0.2) is 0 Å². The van der Waals surface area contributed by atoms with E-state index in [1.807, 2.05) is 19.1 Å². The first-order valence-corrected chi connectivity index (χ1v) is 5.60. The van der Waals surface area contributed by atoms with E-state index < -0.39 is 0 Å². The maximum Gasteiger partial charge on any atom is 0.123 e. The Labute approximate surface area is 90.7 Å². The Kier molecular flexibility index (Phi) is 3.21. The summed E-state index contributed by atoms with van der Waals surface area (Å²) in [6.45, 7) is 1.97. The van der Waals surface area contributed by atoms with Crippen LogP contribution >= 0.6 is 0 Å². The summed E-state index contributed by atoms with van der Waals surface area (Å²) in [6.07, 6.45) is 6.57. The van der Waals surface area contributed by atoms with Gasteiger partial charge in [-0.2, -0.15) is 0 Å². The minimum Gasteiger partial charge on any atom is -0.489 e. The lowest BCUT2D eigenvalue weighted by Gasteiger charge is -2.29. The van der Waals surface area contributed by atoms with E-state index >= 15 is 0 Å². The first-order valence-electron chi connectivity index (χ1n) is 5.60. The van der Waals surface area contributed by atoms with Crippen LogP contribution in [0.15, 0.2) is 18.3 Å². The highest BCUT2D eigenvalue weighted by atomic mass is 16.5. The summed E-state index contributed by atoms with van der Waals surface area (Å²) in [5.41, 5.74) is 7.01. The smallest absolute Gasteiger partial charge is 0.123 e. The average molecular weight is 206 g/mol. The van der Waals surface area contributed by atoms with Gasteiger partial charge in [-0.05, 0) is 32.3 Å². The van der Waals surface area contributed by atoms with Crippen molar-refractivity contribution in [3.05, 3.63) is 24.0 Å². The third-order valence-corrected chi connectivity index (χ3v) is 2.91. The number of pyridine rings is 1. The van der Waals surface area contributed by atoms with Gasteiger partial charge in [-0.1, -0.05) is 6.42 Å². The molecule has 1 heterocycles. The summed E-state index contributed by atoms with van der Waals surface area (Å²) in [4.78, 5) is 4.14. The molecule has 0 aromatic carbocycles. The predicted octanol–water partition coefficient (Wildman–Crippen LogP) is 2.04. The lowest BCUT2D eigenvalue weighted by molar-refractivity contribution is 0.132. The van der Waals surface area contributed by atoms with Crippen LogP contribution in [0.4, 0.5) is 0 Å². The van der Waals surface area contributed by atoms with E-state index in [0.717, 1.165) is 24.3 Å². The van der Waals surface area contributed by atoms with Gasteiger partial charge >= 0.3 is 0 Å². The third-order valence-electron chi connectivity index (χ3n) is 2.91. The molecule has 3 heteroatoms. The van der Waals surface area contributed by atoms with Crippen molar-refractivity contribution in [3.63, 3.8) is 0 Å². The molecule has 15 heavy (non-hydrogen) atoms. The third kappa shape index (κ3) is 2.69. The second-order valence-electron chi connectivity index (χ2n) is 4.24. The largest absolute Gasteiger partial charge is 0.489 e. The van der Waals surface area contributed by atoms with Crippen molar-refractivity contribution in [3.8, 4) is 5.75 Å². The Bertz CT molecular complexity index is 327. The van der Waals surface area contributed by atoms with E-state index in [0.29, 0.717) is 0 Å². The van der Waals surface area contributed by atoms with E-state index in [1.165, 1.54) is 12.8 Å². The number of hydrogen-bond acceptors (Lipinski definition) is 3. The Morgan fingerprint density at radius 1 is 1.40 bits per heavy atom. The first-order chi connectivity index (χ1) is 7.25. The van der Waals surface area contributed by atoms with Crippen LogP contribution in [-0.2, 0) is 0 Å². The van der Waals surface area contributed by atoms with E-state index in [9.17, 15) is 0 Å². The van der Waals surface area contributed by atoms with Crippen molar-refractivity contribution in [2.45, 2.75) is 44.8 Å². The molecule has 0 radical (unpaired) electrons. The fourth-order valence-corrected chi connectivity index (χ4v) is 2.04. The van der Waals surface area contributed by atoms with E-state index in [4.69, 9.17) is 10.5 Å². The summed E-state index contributed by atoms with van der Waals surface area (Å²) in [5.74, 6) is 0.893. The minimum atomic E-state index is 0.181. The molecule has 0 aliphatic heterocycles. The molecule has 1 aliphatic rings. The topological polar surface area (TPSA) is 48.1 Å². The van der Waals surface area contributed by atoms with Crippen LogP contribution < -0.4 is 10.5 Å². The molecule has 1 aromatic rings. The maximum absolute atomic E-state index is 6.02. The summed E-state index contributed by atoms with van der Waals surface area (Å²) in [6, 6.07) is 4.04. The van der Waals surface area contributed by atoms with Gasteiger partial charge in [-0.3, -0.25) is 4.98 Å². The molecule has 1 saturated carbocycles. The summed E-state index contributed by atoms with van der Waals surface area (Å²) in [5, 5.41) is 0. The molecule has 3 nitrogen and oxygen atoms in total. The normalized spacial score (nSPS) is 26.3. The van der Waals surface area contributed by atoms with Crippen LogP contribution in [0.5, 0.6) is 5.75 Å². The predicted molar refractivity (Wildman–Crippen MR) is 59.8 cm³/mol. The number of nitrogens with two attached hydrogens (primary N) is 1. The van der Waals surface area contributed by atoms with Gasteiger partial charge in [0.2, 0.25) is 0 Å². The highest BCUT2D eigenvalue weighted by molar-refractivity contribution is 5.22. The number of aromatic nitrogens is 1. The molecule has 1 aromatic heterocycles. The molecule has 0 unspecified atom stereocenters. The summed E-state index contributed by atoms with van der Waals surface area (Å²) < 4.78 is 5.88. The van der Waals surface area contributed by atoms with Crippen LogP contribution in [0.1, 0.15) is 31.4 Å². The molecular weight excluding hydrogens is 188 g/mol. The molecule has 2 rings (SSSR count). The first kappa shape index (κ1) is 10.4. The van der Waals surface area contributed by atoms with Crippen LogP contribution in [-0.4, -0.2) is 17.1 Å². The number of rotatable bonds is 2. The molecule has 2 N–H and O–H groups in total. The maximum atomic E-state index is 6.02. The molecule has 1 fully saturated rings. The SMILES string of the molecule is Cc1cc(O[C@@H]2CCCC[C@H]2N)ccn1. The minimum absolute atomic E-state index is 0.181. The lowest BCUT2D eigenvalue weighted by Crippen LogP contribution is -2.41. The fourth-order valence-electron chi connectivity index (χ4n) is 2.04. The second-order valence-corrected chi connectivity index (χ2v) is 4.24. The van der Waals surface area contributed by atoms with E-state index in [2.05, 4.69) is 4.98 Å². The molecule has 1 aliphatic carbocycles. The molecule has 0 saturated heterocycles. The van der Waals surface area contributed by atoms with Gasteiger partial charge < -0.3 is 10.5 Å². The Hall–Kier alpha value is -1.09. The number of aryl methyl sites for hydroxylation is 1. The zero-order valence-corrected chi connectivity index (χ0v) is 9.15. The van der Waals surface area contributed by atoms with Crippen molar-refractivity contribution in [2.75, 3.05) is 0 Å². The average Bonchev–Trinajstić information content (AvgIpc) is 2.22. The van der Waals surface area contributed by atoms with E-state index in [-0.39, 0.29) is 12.1 Å². The van der Waals surface area contributed by atoms with Crippen LogP contribution in [0.2, 0.25) is 0 Å². The molecule has 82 valence electrons. The quantitative estimate of drug-likeness (QED) is 0.805. The highest BCUT2D eigenvalue weighted by Gasteiger charge is 2.23. The van der Waals surface area contributed by atoms with Crippen molar-refractivity contribution in [2.24, 2.45) is 5.73 Å². The molecule has 0 bridgehead atoms. The number of nitrogens with zero attached hydrogens (tertiary/aromatic N) is 1. The monoisotopic (exact) mass is 206 g/mol. The zero-order valence-electron chi connectivity index (χ0n) is 9.15. The summed E-state index contributed by atoms with van der Waals surface area (Å²) in [7, 11) is 0. The van der Waals surface area contributed by atoms with Gasteiger partial charge in [-0.25, -0.2) is 0 Å². The van der Waals surface area contributed by atoms with E-state index in [1.54, 1.807) is 6.20 Å². The molecule has 2 atom stereocenters. The Morgan fingerprint density at radius 3 is 2.93 bits per heavy atom. The Balaban J connectivity index is 2.01. The number of hydrogen-bond donors (Lipinski definition) is 1. The van der Waals surface area contributed by atoms with Crippen LogP contribution in [0.25, 0.3) is 0 Å². The van der Waals surface area contributed by atoms with Gasteiger partial charge in [0.1, 0.15) is 11.9 Å². The van der Waals surface area contributed by atoms with Crippen molar-refractivity contribution >= 4 is 0 Å². The van der Waals surface area contributed by atoms with Gasteiger partial charge in [0.05, 0.1) is 0 Å². The van der Waals surface area contributed by atoms with Gasteiger partial charge in [0.25, 0.3) is 0 Å². The number of ether oxygens (including phenoxy) is 1. The molecule has 0 spiro atoms. The van der Waals surface area contributed by atoms with Crippen LogP contribution in [0, 0.1) is 6.92 Å².